The molecule has 0 amide bonds. The summed E-state index contributed by atoms with van der Waals surface area (Å²) in [4.78, 5) is 0. The summed E-state index contributed by atoms with van der Waals surface area (Å²) in [7, 11) is 0. The van der Waals surface area contributed by atoms with Gasteiger partial charge in [-0.2, -0.15) is 0 Å². The van der Waals surface area contributed by atoms with E-state index < -0.39 is 0 Å². The Balaban J connectivity index is 0.000000222. The molecule has 0 atom stereocenters. The van der Waals surface area contributed by atoms with Crippen LogP contribution in [0.15, 0.2) is 0 Å². The zero-order chi connectivity index (χ0) is 6.41. The van der Waals surface area contributed by atoms with Crippen LogP contribution in [0.2, 0.25) is 0 Å². The molecule has 0 saturated heterocycles. The van der Waals surface area contributed by atoms with Gasteiger partial charge in [-0.15, -0.1) is 0 Å². The van der Waals surface area contributed by atoms with Crippen LogP contribution in [0, 0.1) is 5.41 Å². The van der Waals surface area contributed by atoms with E-state index in [4.69, 9.17) is 5.41 Å². The zero-order valence-corrected chi connectivity index (χ0v) is 5.83. The Labute approximate surface area is 51.6 Å². The predicted molar refractivity (Wildman–Crippen MR) is 37.5 cm³/mol. The van der Waals surface area contributed by atoms with E-state index in [0.717, 1.165) is 18.6 Å². The maximum atomic E-state index is 7.05. The van der Waals surface area contributed by atoms with Gasteiger partial charge in [0, 0.05) is 5.71 Å². The van der Waals surface area contributed by atoms with Crippen LogP contribution in [-0.4, -0.2) is 5.71 Å². The minimum Gasteiger partial charge on any atom is -0.310 e. The van der Waals surface area contributed by atoms with Crippen molar-refractivity contribution in [3.63, 3.8) is 0 Å². The highest BCUT2D eigenvalue weighted by atomic mass is 14.4. The Bertz CT molecular complexity index is 58.8. The SMILES string of the molecule is CC.N=C1CCCC1. The maximum absolute atomic E-state index is 7.05. The fourth-order valence-corrected chi connectivity index (χ4v) is 0.802. The smallest absolute Gasteiger partial charge is 0.00891 e. The lowest BCUT2D eigenvalue weighted by Gasteiger charge is -1.77. The van der Waals surface area contributed by atoms with Crippen molar-refractivity contribution < 1.29 is 0 Å². The molecule has 0 unspecified atom stereocenters. The highest BCUT2D eigenvalue weighted by Gasteiger charge is 2.03. The monoisotopic (exact) mass is 113 g/mol. The molecular formula is C7H15N. The Morgan fingerprint density at radius 2 is 1.50 bits per heavy atom. The first-order chi connectivity index (χ1) is 3.89. The molecule has 1 rings (SSSR count). The van der Waals surface area contributed by atoms with Gasteiger partial charge in [0.25, 0.3) is 0 Å². The zero-order valence-electron chi connectivity index (χ0n) is 5.83. The first-order valence-corrected chi connectivity index (χ1v) is 3.46. The average Bonchev–Trinajstić information content (AvgIpc) is 2.24. The predicted octanol–water partition coefficient (Wildman–Crippen LogP) is 2.61. The highest BCUT2D eigenvalue weighted by molar-refractivity contribution is 5.82. The summed E-state index contributed by atoms with van der Waals surface area (Å²) < 4.78 is 0. The molecule has 0 heterocycles. The largest absolute Gasteiger partial charge is 0.310 e. The summed E-state index contributed by atoms with van der Waals surface area (Å²) in [6, 6.07) is 0. The molecule has 1 nitrogen and oxygen atoms in total. The molecule has 0 aromatic rings. The van der Waals surface area contributed by atoms with Crippen LogP contribution in [0.5, 0.6) is 0 Å². The van der Waals surface area contributed by atoms with Gasteiger partial charge in [0.1, 0.15) is 0 Å². The van der Waals surface area contributed by atoms with E-state index in [9.17, 15) is 0 Å². The summed E-state index contributed by atoms with van der Waals surface area (Å²) in [5, 5.41) is 7.05. The Kier molecular flexibility index (Phi) is 4.62. The van der Waals surface area contributed by atoms with Crippen molar-refractivity contribution in [2.75, 3.05) is 0 Å². The van der Waals surface area contributed by atoms with Gasteiger partial charge in [-0.05, 0) is 25.7 Å². The van der Waals surface area contributed by atoms with E-state index in [0.29, 0.717) is 0 Å². The van der Waals surface area contributed by atoms with Crippen molar-refractivity contribution in [1.82, 2.24) is 0 Å². The first-order valence-electron chi connectivity index (χ1n) is 3.46. The van der Waals surface area contributed by atoms with Gasteiger partial charge in [0.05, 0.1) is 0 Å². The van der Waals surface area contributed by atoms with Crippen LogP contribution in [-0.2, 0) is 0 Å². The standard InChI is InChI=1S/C5H9N.C2H6/c6-5-3-1-2-4-5;1-2/h6H,1-4H2;1-2H3. The summed E-state index contributed by atoms with van der Waals surface area (Å²) in [6.45, 7) is 4.00. The molecule has 48 valence electrons. The minimum atomic E-state index is 0.954. The second-order valence-electron chi connectivity index (χ2n) is 1.81. The molecule has 0 aliphatic heterocycles. The van der Waals surface area contributed by atoms with Crippen molar-refractivity contribution >= 4 is 5.71 Å². The Morgan fingerprint density at radius 1 is 1.12 bits per heavy atom. The minimum absolute atomic E-state index is 0.954. The highest BCUT2D eigenvalue weighted by Crippen LogP contribution is 2.11. The van der Waals surface area contributed by atoms with Crippen LogP contribution in [0.25, 0.3) is 0 Å². The lowest BCUT2D eigenvalue weighted by Crippen LogP contribution is -1.79. The molecule has 0 aromatic carbocycles. The molecule has 0 spiro atoms. The van der Waals surface area contributed by atoms with Crippen molar-refractivity contribution in [3.8, 4) is 0 Å². The van der Waals surface area contributed by atoms with Gasteiger partial charge in [-0.1, -0.05) is 13.8 Å². The molecule has 0 bridgehead atoms. The first kappa shape index (κ1) is 7.67. The van der Waals surface area contributed by atoms with Gasteiger partial charge in [0.2, 0.25) is 0 Å². The second-order valence-corrected chi connectivity index (χ2v) is 1.81. The van der Waals surface area contributed by atoms with E-state index in [1.165, 1.54) is 12.8 Å². The number of rotatable bonds is 0. The lowest BCUT2D eigenvalue weighted by molar-refractivity contribution is 0.886. The molecule has 1 saturated carbocycles. The normalized spacial score (nSPS) is 17.5. The van der Waals surface area contributed by atoms with E-state index >= 15 is 0 Å². The molecular weight excluding hydrogens is 98.1 g/mol. The molecule has 1 aliphatic carbocycles. The van der Waals surface area contributed by atoms with E-state index in [2.05, 4.69) is 0 Å². The van der Waals surface area contributed by atoms with Crippen molar-refractivity contribution in [2.45, 2.75) is 39.5 Å². The summed E-state index contributed by atoms with van der Waals surface area (Å²) in [6.07, 6.45) is 4.66. The second kappa shape index (κ2) is 4.82. The van der Waals surface area contributed by atoms with Gasteiger partial charge >= 0.3 is 0 Å². The maximum Gasteiger partial charge on any atom is 0.00891 e. The lowest BCUT2D eigenvalue weighted by atomic mass is 10.3. The van der Waals surface area contributed by atoms with Crippen LogP contribution in [0.3, 0.4) is 0 Å². The number of hydrogen-bond donors (Lipinski definition) is 1. The Hall–Kier alpha value is -0.330. The van der Waals surface area contributed by atoms with Gasteiger partial charge < -0.3 is 5.41 Å². The summed E-state index contributed by atoms with van der Waals surface area (Å²) in [5.41, 5.74) is 0.954. The van der Waals surface area contributed by atoms with Crippen molar-refractivity contribution in [1.29, 1.82) is 5.41 Å². The fourth-order valence-electron chi connectivity index (χ4n) is 0.802. The van der Waals surface area contributed by atoms with Crippen LogP contribution < -0.4 is 0 Å². The number of hydrogen-bond acceptors (Lipinski definition) is 1. The molecule has 1 fully saturated rings. The third kappa shape index (κ3) is 2.78. The fraction of sp³-hybridized carbons (Fsp3) is 0.857. The average molecular weight is 113 g/mol. The third-order valence-electron chi connectivity index (χ3n) is 1.21. The van der Waals surface area contributed by atoms with E-state index in [-0.39, 0.29) is 0 Å². The number of nitrogens with one attached hydrogen (secondary N) is 1. The molecule has 1 heteroatoms. The molecule has 1 aliphatic rings. The third-order valence-corrected chi connectivity index (χ3v) is 1.21. The summed E-state index contributed by atoms with van der Waals surface area (Å²) >= 11 is 0. The topological polar surface area (TPSA) is 23.9 Å². The van der Waals surface area contributed by atoms with Crippen LogP contribution in [0.4, 0.5) is 0 Å². The van der Waals surface area contributed by atoms with E-state index in [1.807, 2.05) is 13.8 Å². The molecule has 1 N–H and O–H groups in total. The van der Waals surface area contributed by atoms with Crippen LogP contribution >= 0.6 is 0 Å². The molecule has 0 aromatic heterocycles. The van der Waals surface area contributed by atoms with Gasteiger partial charge in [0.15, 0.2) is 0 Å². The summed E-state index contributed by atoms with van der Waals surface area (Å²) in [5.74, 6) is 0. The Morgan fingerprint density at radius 3 is 1.62 bits per heavy atom. The van der Waals surface area contributed by atoms with Gasteiger partial charge in [-0.25, -0.2) is 0 Å². The molecule has 0 radical (unpaired) electrons. The quantitative estimate of drug-likeness (QED) is 0.499. The van der Waals surface area contributed by atoms with Crippen molar-refractivity contribution in [3.05, 3.63) is 0 Å². The molecule has 8 heavy (non-hydrogen) atoms. The van der Waals surface area contributed by atoms with E-state index in [1.54, 1.807) is 0 Å². The van der Waals surface area contributed by atoms with Crippen LogP contribution in [0.1, 0.15) is 39.5 Å². The van der Waals surface area contributed by atoms with Gasteiger partial charge in [-0.3, -0.25) is 0 Å². The van der Waals surface area contributed by atoms with Crippen molar-refractivity contribution in [2.24, 2.45) is 0 Å².